The molecule has 0 spiro atoms. The molecule has 0 radical (unpaired) electrons. The van der Waals surface area contributed by atoms with E-state index in [1.165, 1.54) is 0 Å². The zero-order valence-electron chi connectivity index (χ0n) is 12.0. The Labute approximate surface area is 115 Å². The molecule has 0 aromatic carbocycles. The first-order valence-corrected chi connectivity index (χ1v) is 6.31. The Kier molecular flexibility index (Phi) is 5.88. The lowest BCUT2D eigenvalue weighted by Crippen LogP contribution is -2.39. The van der Waals surface area contributed by atoms with Crippen LogP contribution in [0, 0.1) is 12.3 Å². The quantitative estimate of drug-likeness (QED) is 0.433. The molecule has 0 amide bonds. The maximum Gasteiger partial charge on any atom is 0.130 e. The van der Waals surface area contributed by atoms with E-state index in [1.807, 2.05) is 19.1 Å². The van der Waals surface area contributed by atoms with E-state index in [0.717, 1.165) is 24.0 Å². The SMILES string of the molecule is C#C/C(C)=C(\C=C/C(=C)C1(OC)CCOCC1)OC. The summed E-state index contributed by atoms with van der Waals surface area (Å²) in [5.74, 6) is 3.23. The van der Waals surface area contributed by atoms with Crippen molar-refractivity contribution in [3.05, 3.63) is 35.6 Å². The summed E-state index contributed by atoms with van der Waals surface area (Å²) in [6.45, 7) is 7.34. The van der Waals surface area contributed by atoms with Crippen molar-refractivity contribution in [2.75, 3.05) is 27.4 Å². The van der Waals surface area contributed by atoms with Gasteiger partial charge >= 0.3 is 0 Å². The molecule has 0 saturated carbocycles. The average Bonchev–Trinajstić information content (AvgIpc) is 2.47. The fourth-order valence-corrected chi connectivity index (χ4v) is 2.10. The molecule has 1 rings (SSSR count). The van der Waals surface area contributed by atoms with E-state index in [9.17, 15) is 0 Å². The van der Waals surface area contributed by atoms with Gasteiger partial charge in [0.15, 0.2) is 0 Å². The lowest BCUT2D eigenvalue weighted by molar-refractivity contribution is -0.0635. The van der Waals surface area contributed by atoms with Crippen molar-refractivity contribution in [1.29, 1.82) is 0 Å². The Morgan fingerprint density at radius 2 is 1.95 bits per heavy atom. The third-order valence-electron chi connectivity index (χ3n) is 3.52. The van der Waals surface area contributed by atoms with Gasteiger partial charge in [-0.1, -0.05) is 18.6 Å². The second-order valence-corrected chi connectivity index (χ2v) is 4.51. The Morgan fingerprint density at radius 1 is 1.32 bits per heavy atom. The zero-order valence-corrected chi connectivity index (χ0v) is 12.0. The van der Waals surface area contributed by atoms with Crippen molar-refractivity contribution in [2.45, 2.75) is 25.4 Å². The molecule has 1 aliphatic rings. The largest absolute Gasteiger partial charge is 0.496 e. The third-order valence-corrected chi connectivity index (χ3v) is 3.52. The minimum absolute atomic E-state index is 0.336. The van der Waals surface area contributed by atoms with Crippen LogP contribution in [-0.4, -0.2) is 33.0 Å². The molecule has 3 heteroatoms. The normalized spacial score (nSPS) is 19.7. The van der Waals surface area contributed by atoms with Gasteiger partial charge < -0.3 is 14.2 Å². The molecule has 1 saturated heterocycles. The summed E-state index contributed by atoms with van der Waals surface area (Å²) in [5.41, 5.74) is 1.33. The molecule has 104 valence electrons. The first-order chi connectivity index (χ1) is 9.09. The number of terminal acetylenes is 1. The predicted octanol–water partition coefficient (Wildman–Crippen LogP) is 2.85. The second kappa shape index (κ2) is 7.18. The molecule has 1 aliphatic heterocycles. The van der Waals surface area contributed by atoms with Crippen LogP contribution < -0.4 is 0 Å². The zero-order chi connectivity index (χ0) is 14.3. The minimum atomic E-state index is -0.336. The van der Waals surface area contributed by atoms with E-state index in [2.05, 4.69) is 12.5 Å². The second-order valence-electron chi connectivity index (χ2n) is 4.51. The highest BCUT2D eigenvalue weighted by Gasteiger charge is 2.34. The van der Waals surface area contributed by atoms with E-state index < -0.39 is 0 Å². The Balaban J connectivity index is 2.86. The highest BCUT2D eigenvalue weighted by atomic mass is 16.5. The molecule has 1 fully saturated rings. The van der Waals surface area contributed by atoms with Crippen LogP contribution in [0.15, 0.2) is 35.6 Å². The fraction of sp³-hybridized carbons (Fsp3) is 0.500. The molecule has 0 bridgehead atoms. The van der Waals surface area contributed by atoms with Gasteiger partial charge in [-0.05, 0) is 18.6 Å². The van der Waals surface area contributed by atoms with Gasteiger partial charge in [-0.2, -0.15) is 0 Å². The summed E-state index contributed by atoms with van der Waals surface area (Å²) in [5, 5.41) is 0. The van der Waals surface area contributed by atoms with Crippen LogP contribution in [0.4, 0.5) is 0 Å². The molecule has 0 unspecified atom stereocenters. The van der Waals surface area contributed by atoms with Crippen molar-refractivity contribution < 1.29 is 14.2 Å². The van der Waals surface area contributed by atoms with Gasteiger partial charge in [0, 0.05) is 38.7 Å². The monoisotopic (exact) mass is 262 g/mol. The molecular formula is C16H22O3. The van der Waals surface area contributed by atoms with Gasteiger partial charge in [0.1, 0.15) is 5.76 Å². The summed E-state index contributed by atoms with van der Waals surface area (Å²) in [4.78, 5) is 0. The first kappa shape index (κ1) is 15.6. The number of methoxy groups -OCH3 is 2. The van der Waals surface area contributed by atoms with Crippen molar-refractivity contribution in [3.8, 4) is 12.3 Å². The van der Waals surface area contributed by atoms with Gasteiger partial charge in [-0.25, -0.2) is 0 Å². The van der Waals surface area contributed by atoms with Gasteiger partial charge in [-0.3, -0.25) is 0 Å². The van der Waals surface area contributed by atoms with Crippen LogP contribution in [0.2, 0.25) is 0 Å². The lowest BCUT2D eigenvalue weighted by Gasteiger charge is -2.36. The topological polar surface area (TPSA) is 27.7 Å². The van der Waals surface area contributed by atoms with Crippen LogP contribution in [0.25, 0.3) is 0 Å². The predicted molar refractivity (Wildman–Crippen MR) is 76.6 cm³/mol. The molecule has 0 aromatic heterocycles. The minimum Gasteiger partial charge on any atom is -0.496 e. The fourth-order valence-electron chi connectivity index (χ4n) is 2.10. The average molecular weight is 262 g/mol. The number of rotatable bonds is 5. The number of hydrogen-bond donors (Lipinski definition) is 0. The molecule has 0 aromatic rings. The molecule has 0 aliphatic carbocycles. The summed E-state index contributed by atoms with van der Waals surface area (Å²) >= 11 is 0. The molecule has 0 N–H and O–H groups in total. The maximum absolute atomic E-state index is 5.67. The summed E-state index contributed by atoms with van der Waals surface area (Å²) in [6, 6.07) is 0. The van der Waals surface area contributed by atoms with Crippen molar-refractivity contribution in [2.24, 2.45) is 0 Å². The highest BCUT2D eigenvalue weighted by Crippen LogP contribution is 2.32. The van der Waals surface area contributed by atoms with Gasteiger partial charge in [-0.15, -0.1) is 6.42 Å². The number of ether oxygens (including phenoxy) is 3. The van der Waals surface area contributed by atoms with E-state index in [4.69, 9.17) is 20.6 Å². The van der Waals surface area contributed by atoms with Crippen LogP contribution >= 0.6 is 0 Å². The molecule has 0 atom stereocenters. The standard InChI is InChI=1S/C16H22O3/c1-6-13(2)15(17-4)8-7-14(3)16(18-5)9-11-19-12-10-16/h1,7-8H,3,9-12H2,2,4-5H3/b8-7-,15-13+. The molecule has 3 nitrogen and oxygen atoms in total. The third kappa shape index (κ3) is 3.73. The smallest absolute Gasteiger partial charge is 0.130 e. The van der Waals surface area contributed by atoms with Crippen LogP contribution in [0.5, 0.6) is 0 Å². The Morgan fingerprint density at radius 3 is 2.42 bits per heavy atom. The molecular weight excluding hydrogens is 240 g/mol. The van der Waals surface area contributed by atoms with Crippen molar-refractivity contribution >= 4 is 0 Å². The van der Waals surface area contributed by atoms with Gasteiger partial charge in [0.05, 0.1) is 12.7 Å². The lowest BCUT2D eigenvalue weighted by atomic mass is 9.86. The summed E-state index contributed by atoms with van der Waals surface area (Å²) in [7, 11) is 3.31. The van der Waals surface area contributed by atoms with E-state index >= 15 is 0 Å². The van der Waals surface area contributed by atoms with E-state index in [-0.39, 0.29) is 5.60 Å². The first-order valence-electron chi connectivity index (χ1n) is 6.31. The van der Waals surface area contributed by atoms with Gasteiger partial charge in [0.25, 0.3) is 0 Å². The van der Waals surface area contributed by atoms with Crippen molar-refractivity contribution in [1.82, 2.24) is 0 Å². The molecule has 1 heterocycles. The molecule has 19 heavy (non-hydrogen) atoms. The van der Waals surface area contributed by atoms with E-state index in [1.54, 1.807) is 14.2 Å². The summed E-state index contributed by atoms with van der Waals surface area (Å²) in [6.07, 6.45) is 10.7. The maximum atomic E-state index is 5.67. The number of allylic oxidation sites excluding steroid dienone is 2. The highest BCUT2D eigenvalue weighted by molar-refractivity contribution is 5.36. The van der Waals surface area contributed by atoms with Crippen LogP contribution in [0.1, 0.15) is 19.8 Å². The van der Waals surface area contributed by atoms with E-state index in [0.29, 0.717) is 19.0 Å². The van der Waals surface area contributed by atoms with Gasteiger partial charge in [0.2, 0.25) is 0 Å². The Bertz CT molecular complexity index is 418. The van der Waals surface area contributed by atoms with Crippen LogP contribution in [-0.2, 0) is 14.2 Å². The number of hydrogen-bond acceptors (Lipinski definition) is 3. The Hall–Kier alpha value is -1.50. The van der Waals surface area contributed by atoms with Crippen molar-refractivity contribution in [3.63, 3.8) is 0 Å². The van der Waals surface area contributed by atoms with Crippen LogP contribution in [0.3, 0.4) is 0 Å². The summed E-state index contributed by atoms with van der Waals surface area (Å²) < 4.78 is 16.3.